The standard InChI is InChI=1S/C21H18N2O2Se/c1-13(2)14-8-9-15-11-16-5-3-6-18-20(16)23(17(15)12-14)21-19(26(18,24)25)7-4-10-22-21/h3-10,12-13H,11H2,1-2H3. The van der Waals surface area contributed by atoms with Crippen molar-refractivity contribution in [2.45, 2.75) is 26.2 Å². The fraction of sp³-hybridized carbons (Fsp3) is 0.190. The van der Waals surface area contributed by atoms with Crippen molar-refractivity contribution in [2.75, 3.05) is 4.90 Å². The van der Waals surface area contributed by atoms with Gasteiger partial charge in [-0.15, -0.1) is 0 Å². The molecule has 0 saturated heterocycles. The number of hydrogen-bond donors (Lipinski definition) is 0. The summed E-state index contributed by atoms with van der Waals surface area (Å²) in [5.74, 6) is 0.929. The van der Waals surface area contributed by atoms with Crippen LogP contribution in [0.3, 0.4) is 0 Å². The predicted molar refractivity (Wildman–Crippen MR) is 102 cm³/mol. The molecule has 0 fully saturated rings. The third kappa shape index (κ3) is 1.99. The molecule has 0 unspecified atom stereocenters. The molecule has 5 heteroatoms. The molecular weight excluding hydrogens is 391 g/mol. The predicted octanol–water partition coefficient (Wildman–Crippen LogP) is 3.31. The maximum atomic E-state index is 13.2. The molecule has 5 rings (SSSR count). The van der Waals surface area contributed by atoms with Gasteiger partial charge in [-0.1, -0.05) is 0 Å². The second kappa shape index (κ2) is 5.26. The van der Waals surface area contributed by atoms with Crippen LogP contribution in [0.5, 0.6) is 0 Å². The average Bonchev–Trinajstić information content (AvgIpc) is 2.64. The van der Waals surface area contributed by atoms with Crippen LogP contribution in [0.15, 0.2) is 54.7 Å². The summed E-state index contributed by atoms with van der Waals surface area (Å²) in [6, 6.07) is 15.5. The van der Waals surface area contributed by atoms with Crippen LogP contribution >= 0.6 is 0 Å². The number of benzene rings is 2. The van der Waals surface area contributed by atoms with E-state index in [4.69, 9.17) is 0 Å². The third-order valence-electron chi connectivity index (χ3n) is 5.25. The Morgan fingerprint density at radius 2 is 1.81 bits per heavy atom. The maximum absolute atomic E-state index is 13.2. The van der Waals surface area contributed by atoms with E-state index in [-0.39, 0.29) is 0 Å². The first-order chi connectivity index (χ1) is 12.5. The van der Waals surface area contributed by atoms with Crippen LogP contribution in [0, 0.1) is 0 Å². The van der Waals surface area contributed by atoms with Gasteiger partial charge in [0, 0.05) is 0 Å². The van der Waals surface area contributed by atoms with Crippen LogP contribution in [0.4, 0.5) is 17.2 Å². The molecule has 0 spiro atoms. The minimum atomic E-state index is -4.46. The molecule has 2 aliphatic heterocycles. The van der Waals surface area contributed by atoms with Gasteiger partial charge in [0.05, 0.1) is 0 Å². The van der Waals surface area contributed by atoms with Gasteiger partial charge in [-0.3, -0.25) is 0 Å². The molecule has 0 radical (unpaired) electrons. The summed E-state index contributed by atoms with van der Waals surface area (Å²) in [4.78, 5) is 6.53. The van der Waals surface area contributed by atoms with Crippen molar-refractivity contribution in [1.29, 1.82) is 0 Å². The van der Waals surface area contributed by atoms with E-state index in [0.29, 0.717) is 20.7 Å². The summed E-state index contributed by atoms with van der Waals surface area (Å²) in [6.45, 7) is 4.33. The van der Waals surface area contributed by atoms with Crippen molar-refractivity contribution < 1.29 is 7.67 Å². The van der Waals surface area contributed by atoms with E-state index < -0.39 is 12.7 Å². The summed E-state index contributed by atoms with van der Waals surface area (Å²) >= 11 is -4.46. The van der Waals surface area contributed by atoms with Crippen LogP contribution in [-0.4, -0.2) is 17.7 Å². The van der Waals surface area contributed by atoms with Crippen molar-refractivity contribution in [3.05, 3.63) is 71.4 Å². The molecule has 0 bridgehead atoms. The Morgan fingerprint density at radius 3 is 2.62 bits per heavy atom. The fourth-order valence-corrected chi connectivity index (χ4v) is 7.29. The summed E-state index contributed by atoms with van der Waals surface area (Å²) in [6.07, 6.45) is 2.41. The zero-order valence-electron chi connectivity index (χ0n) is 14.6. The summed E-state index contributed by atoms with van der Waals surface area (Å²) in [7, 11) is 0. The van der Waals surface area contributed by atoms with Crippen LogP contribution < -0.4 is 13.8 Å². The number of para-hydroxylation sites is 1. The molecule has 130 valence electrons. The van der Waals surface area contributed by atoms with Crippen LogP contribution in [0.1, 0.15) is 36.5 Å². The fourth-order valence-electron chi connectivity index (χ4n) is 3.90. The molecule has 0 N–H and O–H groups in total. The Hall–Kier alpha value is -2.49. The van der Waals surface area contributed by atoms with Gasteiger partial charge in [-0.25, -0.2) is 0 Å². The van der Waals surface area contributed by atoms with E-state index in [1.165, 1.54) is 11.1 Å². The molecule has 2 aliphatic rings. The Labute approximate surface area is 154 Å². The number of aromatic nitrogens is 1. The minimum absolute atomic E-state index is 0.344. The van der Waals surface area contributed by atoms with Gasteiger partial charge in [0.25, 0.3) is 0 Å². The van der Waals surface area contributed by atoms with E-state index in [1.807, 2.05) is 12.1 Å². The average molecular weight is 409 g/mol. The summed E-state index contributed by atoms with van der Waals surface area (Å²) in [5, 5.41) is 0. The number of fused-ring (bicyclic) bond motifs is 4. The topological polar surface area (TPSA) is 50.3 Å². The van der Waals surface area contributed by atoms with Crippen LogP contribution in [0.25, 0.3) is 0 Å². The molecule has 1 aromatic heterocycles. The molecule has 4 nitrogen and oxygen atoms in total. The zero-order valence-corrected chi connectivity index (χ0v) is 16.3. The van der Waals surface area contributed by atoms with Crippen molar-refractivity contribution in [1.82, 2.24) is 4.98 Å². The molecule has 0 amide bonds. The molecule has 3 aromatic rings. The first-order valence-electron chi connectivity index (χ1n) is 8.73. The van der Waals surface area contributed by atoms with Gasteiger partial charge in [0.15, 0.2) is 0 Å². The molecule has 26 heavy (non-hydrogen) atoms. The molecule has 0 atom stereocenters. The van der Waals surface area contributed by atoms with Gasteiger partial charge in [0.2, 0.25) is 0 Å². The SMILES string of the molecule is CC(C)c1ccc2c(c1)N1c3ncccc3[Se](=O)(=O)c3cccc(c31)C2. The second-order valence-corrected chi connectivity index (χ2v) is 11.1. The number of hydrogen-bond acceptors (Lipinski definition) is 4. The summed E-state index contributed by atoms with van der Waals surface area (Å²) < 4.78 is 27.2. The molecule has 0 aliphatic carbocycles. The van der Waals surface area contributed by atoms with Crippen molar-refractivity contribution in [3.63, 3.8) is 0 Å². The third-order valence-corrected chi connectivity index (χ3v) is 9.04. The normalized spacial score (nSPS) is 16.0. The van der Waals surface area contributed by atoms with Gasteiger partial charge < -0.3 is 0 Å². The number of rotatable bonds is 1. The number of pyridine rings is 1. The quantitative estimate of drug-likeness (QED) is 0.399. The molecule has 3 heterocycles. The van der Waals surface area contributed by atoms with Gasteiger partial charge in [-0.2, -0.15) is 0 Å². The van der Waals surface area contributed by atoms with Crippen molar-refractivity contribution in [2.24, 2.45) is 0 Å². The van der Waals surface area contributed by atoms with Gasteiger partial charge in [-0.05, 0) is 0 Å². The summed E-state index contributed by atoms with van der Waals surface area (Å²) in [5.41, 5.74) is 5.31. The monoisotopic (exact) mass is 410 g/mol. The number of nitrogens with zero attached hydrogens (tertiary/aromatic N) is 2. The Morgan fingerprint density at radius 1 is 1.00 bits per heavy atom. The molecule has 2 aromatic carbocycles. The van der Waals surface area contributed by atoms with E-state index in [2.05, 4.69) is 41.9 Å². The van der Waals surface area contributed by atoms with E-state index in [1.54, 1.807) is 24.4 Å². The Bertz CT molecular complexity index is 1170. The van der Waals surface area contributed by atoms with E-state index in [0.717, 1.165) is 23.4 Å². The molecular formula is C21H18N2O2Se. The second-order valence-electron chi connectivity index (χ2n) is 7.15. The Kier molecular flexibility index (Phi) is 3.18. The van der Waals surface area contributed by atoms with Crippen molar-refractivity contribution in [3.8, 4) is 0 Å². The zero-order chi connectivity index (χ0) is 18.1. The first-order valence-corrected chi connectivity index (χ1v) is 11.8. The van der Waals surface area contributed by atoms with Crippen LogP contribution in [-0.2, 0) is 14.1 Å². The van der Waals surface area contributed by atoms with E-state index >= 15 is 0 Å². The number of anilines is 3. The Balaban J connectivity index is 1.89. The van der Waals surface area contributed by atoms with E-state index in [9.17, 15) is 7.67 Å². The van der Waals surface area contributed by atoms with Gasteiger partial charge in [0.1, 0.15) is 0 Å². The van der Waals surface area contributed by atoms with Gasteiger partial charge >= 0.3 is 154 Å². The van der Waals surface area contributed by atoms with Crippen molar-refractivity contribution >= 4 is 38.8 Å². The van der Waals surface area contributed by atoms with Crippen LogP contribution in [0.2, 0.25) is 0 Å². The first kappa shape index (κ1) is 15.7. The molecule has 0 saturated carbocycles.